The van der Waals surface area contributed by atoms with Gasteiger partial charge in [0.15, 0.2) is 0 Å². The summed E-state index contributed by atoms with van der Waals surface area (Å²) in [7, 11) is 0. The van der Waals surface area contributed by atoms with Gasteiger partial charge in [0.2, 0.25) is 0 Å². The lowest BCUT2D eigenvalue weighted by Crippen LogP contribution is -1.94. The van der Waals surface area contributed by atoms with Crippen molar-refractivity contribution >= 4 is 22.6 Å². The van der Waals surface area contributed by atoms with Crippen molar-refractivity contribution in [3.8, 4) is 5.69 Å². The number of nitrogens with zero attached hydrogens (tertiary/aromatic N) is 4. The van der Waals surface area contributed by atoms with E-state index in [1.165, 1.54) is 6.33 Å². The second-order valence-corrected chi connectivity index (χ2v) is 4.04. The number of hydrogen-bond acceptors (Lipinski definition) is 4. The normalized spacial score (nSPS) is 10.1. The molecule has 0 atom stereocenters. The molecule has 3 rings (SSSR count). The zero-order valence-electron chi connectivity index (χ0n) is 10.4. The van der Waals surface area contributed by atoms with Crippen LogP contribution in [0.1, 0.15) is 6.92 Å². The molecule has 0 amide bonds. The Hall–Kier alpha value is -1.98. The van der Waals surface area contributed by atoms with E-state index in [4.69, 9.17) is 16.7 Å². The molecule has 0 aliphatic rings. The molecule has 98 valence electrons. The molecule has 2 heterocycles. The Morgan fingerprint density at radius 3 is 2.68 bits per heavy atom. The smallest absolute Gasteiger partial charge is 0.130 e. The van der Waals surface area contributed by atoms with E-state index in [1.807, 2.05) is 30.5 Å². The monoisotopic (exact) mass is 276 g/mol. The molecule has 0 saturated heterocycles. The molecule has 5 nitrogen and oxygen atoms in total. The van der Waals surface area contributed by atoms with E-state index >= 15 is 0 Å². The zero-order valence-corrected chi connectivity index (χ0v) is 11.1. The number of halogens is 1. The Labute approximate surface area is 115 Å². The molecule has 1 N–H and O–H groups in total. The van der Waals surface area contributed by atoms with Gasteiger partial charge < -0.3 is 5.11 Å². The van der Waals surface area contributed by atoms with Crippen molar-refractivity contribution in [2.45, 2.75) is 6.92 Å². The minimum absolute atomic E-state index is 0.250. The van der Waals surface area contributed by atoms with Gasteiger partial charge in [-0.1, -0.05) is 23.7 Å². The number of para-hydroxylation sites is 1. The van der Waals surface area contributed by atoms with Crippen LogP contribution in [0.25, 0.3) is 16.7 Å². The summed E-state index contributed by atoms with van der Waals surface area (Å²) in [5.74, 6) is 0. The molecule has 0 spiro atoms. The molecule has 2 aromatic heterocycles. The SMILES string of the molecule is CCO.Clc1ccccc1-n1cc2ncncc2n1. The predicted octanol–water partition coefficient (Wildman–Crippen LogP) is 2.47. The first-order valence-corrected chi connectivity index (χ1v) is 6.15. The van der Waals surface area contributed by atoms with Gasteiger partial charge in [0.1, 0.15) is 17.4 Å². The maximum atomic E-state index is 7.57. The lowest BCUT2D eigenvalue weighted by atomic mass is 10.3. The van der Waals surface area contributed by atoms with Gasteiger partial charge in [-0.15, -0.1) is 0 Å². The fourth-order valence-electron chi connectivity index (χ4n) is 1.53. The summed E-state index contributed by atoms with van der Waals surface area (Å²) in [6.07, 6.45) is 5.01. The van der Waals surface area contributed by atoms with E-state index in [0.29, 0.717) is 5.02 Å². The van der Waals surface area contributed by atoms with Gasteiger partial charge in [-0.3, -0.25) is 0 Å². The lowest BCUT2D eigenvalue weighted by molar-refractivity contribution is 0.318. The van der Waals surface area contributed by atoms with E-state index in [1.54, 1.807) is 17.8 Å². The van der Waals surface area contributed by atoms with Crippen LogP contribution in [0.2, 0.25) is 5.02 Å². The number of aromatic nitrogens is 4. The van der Waals surface area contributed by atoms with Gasteiger partial charge in [0, 0.05) is 6.61 Å². The van der Waals surface area contributed by atoms with Crippen LogP contribution in [0.15, 0.2) is 43.0 Å². The molecule has 0 aliphatic carbocycles. The molecule has 0 bridgehead atoms. The van der Waals surface area contributed by atoms with Gasteiger partial charge in [0.25, 0.3) is 0 Å². The van der Waals surface area contributed by atoms with E-state index in [2.05, 4.69) is 15.1 Å². The van der Waals surface area contributed by atoms with Gasteiger partial charge in [-0.25, -0.2) is 14.6 Å². The first kappa shape index (κ1) is 13.5. The summed E-state index contributed by atoms with van der Waals surface area (Å²) in [5.41, 5.74) is 2.39. The Balaban J connectivity index is 0.000000408. The van der Waals surface area contributed by atoms with E-state index in [0.717, 1.165) is 16.7 Å². The minimum atomic E-state index is 0.250. The molecule has 19 heavy (non-hydrogen) atoms. The van der Waals surface area contributed by atoms with Gasteiger partial charge >= 0.3 is 0 Å². The largest absolute Gasteiger partial charge is 0.397 e. The summed E-state index contributed by atoms with van der Waals surface area (Å²) in [5, 5.41) is 12.6. The van der Waals surface area contributed by atoms with Crippen LogP contribution in [0.5, 0.6) is 0 Å². The summed E-state index contributed by atoms with van der Waals surface area (Å²) >= 11 is 6.09. The first-order valence-electron chi connectivity index (χ1n) is 5.77. The van der Waals surface area contributed by atoms with Crippen LogP contribution in [0.4, 0.5) is 0 Å². The van der Waals surface area contributed by atoms with Crippen molar-refractivity contribution < 1.29 is 5.11 Å². The van der Waals surface area contributed by atoms with Crippen molar-refractivity contribution in [2.75, 3.05) is 6.61 Å². The highest BCUT2D eigenvalue weighted by molar-refractivity contribution is 6.32. The molecule has 0 aliphatic heterocycles. The third kappa shape index (κ3) is 3.07. The van der Waals surface area contributed by atoms with Crippen LogP contribution in [-0.2, 0) is 0 Å². The average Bonchev–Trinajstić information content (AvgIpc) is 2.83. The third-order valence-corrected chi connectivity index (χ3v) is 2.60. The molecular weight excluding hydrogens is 264 g/mol. The molecule has 1 aromatic carbocycles. The minimum Gasteiger partial charge on any atom is -0.397 e. The summed E-state index contributed by atoms with van der Waals surface area (Å²) in [4.78, 5) is 8.04. The van der Waals surface area contributed by atoms with E-state index in [9.17, 15) is 0 Å². The van der Waals surface area contributed by atoms with Gasteiger partial charge in [-0.2, -0.15) is 5.10 Å². The Morgan fingerprint density at radius 2 is 2.00 bits per heavy atom. The molecule has 0 fully saturated rings. The van der Waals surface area contributed by atoms with Crippen molar-refractivity contribution in [3.05, 3.63) is 48.0 Å². The van der Waals surface area contributed by atoms with Crippen LogP contribution in [0, 0.1) is 0 Å². The molecule has 0 radical (unpaired) electrons. The van der Waals surface area contributed by atoms with Crippen LogP contribution in [0.3, 0.4) is 0 Å². The topological polar surface area (TPSA) is 63.8 Å². The zero-order chi connectivity index (χ0) is 13.7. The maximum Gasteiger partial charge on any atom is 0.130 e. The second-order valence-electron chi connectivity index (χ2n) is 3.63. The second kappa shape index (κ2) is 6.26. The van der Waals surface area contributed by atoms with Crippen LogP contribution in [-0.4, -0.2) is 31.5 Å². The van der Waals surface area contributed by atoms with Crippen molar-refractivity contribution in [3.63, 3.8) is 0 Å². The number of fused-ring (bicyclic) bond motifs is 1. The van der Waals surface area contributed by atoms with Crippen LogP contribution < -0.4 is 0 Å². The highest BCUT2D eigenvalue weighted by atomic mass is 35.5. The predicted molar refractivity (Wildman–Crippen MR) is 74.4 cm³/mol. The number of rotatable bonds is 1. The van der Waals surface area contributed by atoms with Crippen LogP contribution >= 0.6 is 11.6 Å². The Bertz CT molecular complexity index is 635. The molecule has 6 heteroatoms. The summed E-state index contributed by atoms with van der Waals surface area (Å²) < 4.78 is 1.71. The lowest BCUT2D eigenvalue weighted by Gasteiger charge is -2.01. The van der Waals surface area contributed by atoms with Crippen molar-refractivity contribution in [1.82, 2.24) is 19.7 Å². The number of aliphatic hydroxyl groups is 1. The Morgan fingerprint density at radius 1 is 1.26 bits per heavy atom. The third-order valence-electron chi connectivity index (χ3n) is 2.28. The van der Waals surface area contributed by atoms with E-state index < -0.39 is 0 Å². The molecular formula is C13H13ClN4O. The number of benzene rings is 1. The average molecular weight is 277 g/mol. The molecule has 0 saturated carbocycles. The Kier molecular flexibility index (Phi) is 4.43. The van der Waals surface area contributed by atoms with E-state index in [-0.39, 0.29) is 6.61 Å². The highest BCUT2D eigenvalue weighted by Gasteiger charge is 2.05. The fraction of sp³-hybridized carbons (Fsp3) is 0.154. The number of hydrogen-bond donors (Lipinski definition) is 1. The number of aliphatic hydroxyl groups excluding tert-OH is 1. The standard InChI is InChI=1S/C11H7ClN4.C2H6O/c12-8-3-1-2-4-11(8)16-6-10-9(15-16)5-13-7-14-10;1-2-3/h1-7H;3H,2H2,1H3. The fourth-order valence-corrected chi connectivity index (χ4v) is 1.75. The van der Waals surface area contributed by atoms with Gasteiger partial charge in [-0.05, 0) is 19.1 Å². The maximum absolute atomic E-state index is 7.57. The van der Waals surface area contributed by atoms with Crippen molar-refractivity contribution in [1.29, 1.82) is 0 Å². The highest BCUT2D eigenvalue weighted by Crippen LogP contribution is 2.20. The van der Waals surface area contributed by atoms with Gasteiger partial charge in [0.05, 0.1) is 23.1 Å². The molecule has 3 aromatic rings. The quantitative estimate of drug-likeness (QED) is 0.742. The van der Waals surface area contributed by atoms with Crippen molar-refractivity contribution in [2.24, 2.45) is 0 Å². The first-order chi connectivity index (χ1) is 9.26. The summed E-state index contributed by atoms with van der Waals surface area (Å²) in [6.45, 7) is 1.93. The molecule has 0 unspecified atom stereocenters. The summed E-state index contributed by atoms with van der Waals surface area (Å²) in [6, 6.07) is 7.53.